The van der Waals surface area contributed by atoms with E-state index >= 15 is 0 Å². The van der Waals surface area contributed by atoms with Gasteiger partial charge in [0.1, 0.15) is 17.4 Å². The summed E-state index contributed by atoms with van der Waals surface area (Å²) in [6.07, 6.45) is 1.74. The van der Waals surface area contributed by atoms with Gasteiger partial charge in [0, 0.05) is 38.0 Å². The SMILES string of the molecule is COc1ccc2c3c1O[C@H]1C(OC(=O)C(C)OC(=O)CCNC(=O)[C@H](CCCCNC(=O)OC(C)(C)C)NC(C)=O)=CC[C@@]4(O)[C@@H](C2)N(C)CC[C@]314. The zero-order valence-electron chi connectivity index (χ0n) is 31.1. The minimum absolute atomic E-state index is 0.0874. The number of rotatable bonds is 14. The van der Waals surface area contributed by atoms with Gasteiger partial charge in [-0.15, -0.1) is 0 Å². The van der Waals surface area contributed by atoms with Crippen molar-refractivity contribution >= 4 is 29.8 Å². The minimum atomic E-state index is -1.27. The van der Waals surface area contributed by atoms with Gasteiger partial charge < -0.3 is 49.6 Å². The third-order valence-electron chi connectivity index (χ3n) is 10.3. The zero-order valence-corrected chi connectivity index (χ0v) is 31.1. The molecule has 0 saturated carbocycles. The van der Waals surface area contributed by atoms with Crippen LogP contribution in [0.3, 0.4) is 0 Å². The number of likely N-dealkylation sites (N-methyl/N-ethyl adjacent to an activating group) is 1. The Morgan fingerprint density at radius 1 is 1.12 bits per heavy atom. The number of amides is 3. The third kappa shape index (κ3) is 7.70. The largest absolute Gasteiger partial charge is 0.493 e. The molecule has 3 amide bonds. The number of piperidine rings is 1. The fourth-order valence-corrected chi connectivity index (χ4v) is 7.99. The molecule has 15 heteroatoms. The van der Waals surface area contributed by atoms with E-state index < -0.39 is 58.8 Å². The second-order valence-corrected chi connectivity index (χ2v) is 15.1. The highest BCUT2D eigenvalue weighted by Gasteiger charge is 2.72. The van der Waals surface area contributed by atoms with Crippen LogP contribution in [0.5, 0.6) is 11.5 Å². The van der Waals surface area contributed by atoms with Crippen LogP contribution in [-0.2, 0) is 45.2 Å². The number of unbranched alkanes of at least 4 members (excludes halogenated alkanes) is 1. The number of carbonyl (C=O) groups is 5. The zero-order chi connectivity index (χ0) is 38.0. The molecule has 2 heterocycles. The number of likely N-dealkylation sites (tertiary alicyclic amines) is 1. The monoisotopic (exact) mass is 728 g/mol. The first kappa shape index (κ1) is 38.9. The lowest BCUT2D eigenvalue weighted by Gasteiger charge is -2.61. The average molecular weight is 729 g/mol. The number of benzene rings is 1. The van der Waals surface area contributed by atoms with Gasteiger partial charge in [0.2, 0.25) is 11.8 Å². The van der Waals surface area contributed by atoms with E-state index in [0.29, 0.717) is 56.7 Å². The Labute approximate surface area is 304 Å². The molecule has 1 spiro atoms. The lowest BCUT2D eigenvalue weighted by molar-refractivity contribution is -0.175. The van der Waals surface area contributed by atoms with Crippen LogP contribution in [-0.4, -0.2) is 109 Å². The van der Waals surface area contributed by atoms with Gasteiger partial charge in [0.25, 0.3) is 0 Å². The van der Waals surface area contributed by atoms with Crippen LogP contribution < -0.4 is 25.4 Å². The van der Waals surface area contributed by atoms with E-state index in [-0.39, 0.29) is 37.1 Å². The number of esters is 2. The van der Waals surface area contributed by atoms with Gasteiger partial charge in [-0.2, -0.15) is 0 Å². The molecule has 0 aromatic heterocycles. The smallest absolute Gasteiger partial charge is 0.407 e. The molecule has 2 aliphatic carbocycles. The Balaban J connectivity index is 1.12. The molecule has 15 nitrogen and oxygen atoms in total. The van der Waals surface area contributed by atoms with Crippen LogP contribution in [0.25, 0.3) is 0 Å². The van der Waals surface area contributed by atoms with Crippen LogP contribution in [0.15, 0.2) is 24.0 Å². The second-order valence-electron chi connectivity index (χ2n) is 15.1. The summed E-state index contributed by atoms with van der Waals surface area (Å²) in [4.78, 5) is 64.5. The summed E-state index contributed by atoms with van der Waals surface area (Å²) in [5.74, 6) is -1.06. The fourth-order valence-electron chi connectivity index (χ4n) is 7.99. The maximum absolute atomic E-state index is 13.3. The number of hydrogen-bond acceptors (Lipinski definition) is 12. The predicted molar refractivity (Wildman–Crippen MR) is 186 cm³/mol. The van der Waals surface area contributed by atoms with E-state index in [2.05, 4.69) is 20.9 Å². The number of carbonyl (C=O) groups excluding carboxylic acids is 5. The van der Waals surface area contributed by atoms with Gasteiger partial charge in [0.15, 0.2) is 23.7 Å². The van der Waals surface area contributed by atoms with Crippen LogP contribution in [0.2, 0.25) is 0 Å². The Hall–Kier alpha value is -4.37. The topological polar surface area (TPSA) is 191 Å². The molecule has 1 saturated heterocycles. The van der Waals surface area contributed by atoms with Crippen LogP contribution in [0.4, 0.5) is 4.79 Å². The highest BCUT2D eigenvalue weighted by molar-refractivity contribution is 5.87. The summed E-state index contributed by atoms with van der Waals surface area (Å²) in [6.45, 7) is 8.97. The van der Waals surface area contributed by atoms with Crippen molar-refractivity contribution < 1.29 is 52.8 Å². The lowest BCUT2D eigenvalue weighted by atomic mass is 9.50. The molecule has 286 valence electrons. The van der Waals surface area contributed by atoms with E-state index in [4.69, 9.17) is 23.7 Å². The van der Waals surface area contributed by atoms with E-state index in [1.165, 1.54) is 13.8 Å². The summed E-state index contributed by atoms with van der Waals surface area (Å²) < 4.78 is 28.5. The molecule has 2 bridgehead atoms. The number of methoxy groups -OCH3 is 1. The molecule has 1 aromatic carbocycles. The molecule has 1 fully saturated rings. The van der Waals surface area contributed by atoms with Gasteiger partial charge >= 0.3 is 18.0 Å². The highest BCUT2D eigenvalue weighted by atomic mass is 16.6. The highest BCUT2D eigenvalue weighted by Crippen LogP contribution is 2.65. The molecule has 5 rings (SSSR count). The van der Waals surface area contributed by atoms with Crippen molar-refractivity contribution in [2.24, 2.45) is 0 Å². The number of nitrogens with zero attached hydrogens (tertiary/aromatic N) is 1. The van der Waals surface area contributed by atoms with Crippen molar-refractivity contribution in [3.63, 3.8) is 0 Å². The molecule has 4 N–H and O–H groups in total. The van der Waals surface area contributed by atoms with Crippen molar-refractivity contribution in [1.29, 1.82) is 0 Å². The normalized spacial score (nSPS) is 25.3. The third-order valence-corrected chi connectivity index (χ3v) is 10.3. The molecular formula is C37H52N4O11. The minimum Gasteiger partial charge on any atom is -0.493 e. The Morgan fingerprint density at radius 3 is 2.56 bits per heavy atom. The number of ether oxygens (including phenoxy) is 5. The van der Waals surface area contributed by atoms with Crippen molar-refractivity contribution in [1.82, 2.24) is 20.9 Å². The average Bonchev–Trinajstić information content (AvgIpc) is 3.42. The molecule has 52 heavy (non-hydrogen) atoms. The Morgan fingerprint density at radius 2 is 1.87 bits per heavy atom. The first-order chi connectivity index (χ1) is 24.5. The standard InChI is InChI=1S/C37H52N4O11/c1-21(49-28(43)14-18-38-32(44)24(40-22(2)42)10-8-9-17-39-34(46)52-35(3,4)5)33(45)50-26-13-15-37(47)27-20-23-11-12-25(48-7)30-29(23)36(37,31(26)51-30)16-19-41(27)6/h11-13,21,24,27,31,47H,8-10,14-20H2,1-7H3,(H,38,44)(H,39,46)(H,40,42)/t21?,24-,27+,31-,36-,37+/m0/s1. The first-order valence-electron chi connectivity index (χ1n) is 17.9. The summed E-state index contributed by atoms with van der Waals surface area (Å²) in [6, 6.07) is 2.87. The Kier molecular flexibility index (Phi) is 11.4. The van der Waals surface area contributed by atoms with Gasteiger partial charge in [-0.1, -0.05) is 6.07 Å². The van der Waals surface area contributed by atoms with E-state index in [1.54, 1.807) is 34.0 Å². The van der Waals surface area contributed by atoms with Crippen LogP contribution in [0.1, 0.15) is 84.3 Å². The number of aliphatic hydroxyl groups is 1. The summed E-state index contributed by atoms with van der Waals surface area (Å²) in [7, 11) is 3.57. The first-order valence-corrected chi connectivity index (χ1v) is 17.9. The number of hydrogen-bond donors (Lipinski definition) is 4. The van der Waals surface area contributed by atoms with Crippen molar-refractivity contribution in [2.75, 3.05) is 33.8 Å². The van der Waals surface area contributed by atoms with E-state index in [1.807, 2.05) is 19.2 Å². The molecule has 1 aromatic rings. The van der Waals surface area contributed by atoms with E-state index in [0.717, 1.165) is 11.1 Å². The maximum Gasteiger partial charge on any atom is 0.407 e. The predicted octanol–water partition coefficient (Wildman–Crippen LogP) is 2.15. The molecule has 1 unspecified atom stereocenters. The molecular weight excluding hydrogens is 676 g/mol. The maximum atomic E-state index is 13.3. The molecule has 2 aliphatic heterocycles. The molecule has 6 atom stereocenters. The summed E-state index contributed by atoms with van der Waals surface area (Å²) in [5.41, 5.74) is -0.651. The fraction of sp³-hybridized carbons (Fsp3) is 0.649. The van der Waals surface area contributed by atoms with Gasteiger partial charge in [-0.25, -0.2) is 9.59 Å². The summed E-state index contributed by atoms with van der Waals surface area (Å²) >= 11 is 0. The van der Waals surface area contributed by atoms with Gasteiger partial charge in [0.05, 0.1) is 24.5 Å². The van der Waals surface area contributed by atoms with Crippen LogP contribution >= 0.6 is 0 Å². The number of nitrogens with one attached hydrogen (secondary N) is 3. The van der Waals surface area contributed by atoms with Crippen molar-refractivity contribution in [2.45, 2.75) is 120 Å². The lowest BCUT2D eigenvalue weighted by Crippen LogP contribution is -2.74. The Bertz CT molecular complexity index is 1610. The van der Waals surface area contributed by atoms with Crippen molar-refractivity contribution in [3.05, 3.63) is 35.1 Å². The van der Waals surface area contributed by atoms with Gasteiger partial charge in [-0.05, 0) is 91.1 Å². The second kappa shape index (κ2) is 15.3. The van der Waals surface area contributed by atoms with Crippen LogP contribution in [0, 0.1) is 0 Å². The summed E-state index contributed by atoms with van der Waals surface area (Å²) in [5, 5.41) is 20.2. The van der Waals surface area contributed by atoms with E-state index in [9.17, 15) is 29.1 Å². The molecule has 0 radical (unpaired) electrons. The van der Waals surface area contributed by atoms with Gasteiger partial charge in [-0.3, -0.25) is 14.4 Å². The quantitative estimate of drug-likeness (QED) is 0.124. The molecule has 4 aliphatic rings. The van der Waals surface area contributed by atoms with Crippen molar-refractivity contribution in [3.8, 4) is 11.5 Å². The number of alkyl carbamates (subject to hydrolysis) is 1.